The van der Waals surface area contributed by atoms with Gasteiger partial charge in [-0.3, -0.25) is 4.79 Å². The number of carbonyl (C=O) groups is 1. The molecular formula is C14H19N3O. The summed E-state index contributed by atoms with van der Waals surface area (Å²) in [4.78, 5) is 11.4. The van der Waals surface area contributed by atoms with Gasteiger partial charge in [0, 0.05) is 12.6 Å². The number of nitriles is 1. The van der Waals surface area contributed by atoms with Crippen LogP contribution in [-0.4, -0.2) is 19.0 Å². The van der Waals surface area contributed by atoms with Gasteiger partial charge in [-0.25, -0.2) is 0 Å². The van der Waals surface area contributed by atoms with E-state index in [0.29, 0.717) is 13.0 Å². The SMILES string of the molecule is Cc1ccc(C(C)NCC(=O)NCCC#N)cc1. The van der Waals surface area contributed by atoms with Crippen molar-refractivity contribution in [3.63, 3.8) is 0 Å². The first-order chi connectivity index (χ1) is 8.63. The molecule has 0 aromatic heterocycles. The summed E-state index contributed by atoms with van der Waals surface area (Å²) in [6, 6.07) is 10.3. The Morgan fingerprint density at radius 2 is 2.06 bits per heavy atom. The molecule has 2 N–H and O–H groups in total. The Labute approximate surface area is 108 Å². The predicted molar refractivity (Wildman–Crippen MR) is 70.8 cm³/mol. The van der Waals surface area contributed by atoms with Gasteiger partial charge in [0.2, 0.25) is 5.91 Å². The second-order valence-corrected chi connectivity index (χ2v) is 4.27. The monoisotopic (exact) mass is 245 g/mol. The van der Waals surface area contributed by atoms with Gasteiger partial charge in [-0.2, -0.15) is 5.26 Å². The second kappa shape index (κ2) is 7.46. The minimum Gasteiger partial charge on any atom is -0.354 e. The van der Waals surface area contributed by atoms with Crippen LogP contribution < -0.4 is 10.6 Å². The van der Waals surface area contributed by atoms with E-state index in [4.69, 9.17) is 5.26 Å². The van der Waals surface area contributed by atoms with Crippen molar-refractivity contribution in [3.05, 3.63) is 35.4 Å². The zero-order valence-electron chi connectivity index (χ0n) is 10.9. The summed E-state index contributed by atoms with van der Waals surface area (Å²) in [5.74, 6) is -0.0794. The van der Waals surface area contributed by atoms with Crippen molar-refractivity contribution in [2.75, 3.05) is 13.1 Å². The van der Waals surface area contributed by atoms with Crippen molar-refractivity contribution >= 4 is 5.91 Å². The van der Waals surface area contributed by atoms with E-state index < -0.39 is 0 Å². The molecule has 0 bridgehead atoms. The van der Waals surface area contributed by atoms with Gasteiger partial charge in [0.25, 0.3) is 0 Å². The highest BCUT2D eigenvalue weighted by Gasteiger charge is 2.06. The first-order valence-corrected chi connectivity index (χ1v) is 6.07. The number of nitrogens with one attached hydrogen (secondary N) is 2. The van der Waals surface area contributed by atoms with Gasteiger partial charge in [0.1, 0.15) is 0 Å². The van der Waals surface area contributed by atoms with Gasteiger partial charge in [0.15, 0.2) is 0 Å². The van der Waals surface area contributed by atoms with E-state index in [1.165, 1.54) is 5.56 Å². The molecule has 1 aromatic carbocycles. The Kier molecular flexibility index (Phi) is 5.89. The zero-order chi connectivity index (χ0) is 13.4. The molecule has 0 saturated carbocycles. The van der Waals surface area contributed by atoms with Crippen molar-refractivity contribution in [2.24, 2.45) is 0 Å². The normalized spacial score (nSPS) is 11.6. The Balaban J connectivity index is 2.32. The standard InChI is InChI=1S/C14H19N3O/c1-11-4-6-13(7-5-11)12(2)17-10-14(18)16-9-3-8-15/h4-7,12,17H,3,9-10H2,1-2H3,(H,16,18). The highest BCUT2D eigenvalue weighted by atomic mass is 16.1. The summed E-state index contributed by atoms with van der Waals surface area (Å²) in [5, 5.41) is 14.2. The number of rotatable bonds is 6. The van der Waals surface area contributed by atoms with Crippen molar-refractivity contribution in [1.29, 1.82) is 5.26 Å². The molecule has 0 fully saturated rings. The largest absolute Gasteiger partial charge is 0.354 e. The molecule has 0 radical (unpaired) electrons. The van der Waals surface area contributed by atoms with Crippen LogP contribution in [0.3, 0.4) is 0 Å². The smallest absolute Gasteiger partial charge is 0.234 e. The van der Waals surface area contributed by atoms with E-state index >= 15 is 0 Å². The van der Waals surface area contributed by atoms with Gasteiger partial charge < -0.3 is 10.6 Å². The summed E-state index contributed by atoms with van der Waals surface area (Å²) in [6.45, 7) is 4.74. The van der Waals surface area contributed by atoms with Crippen LogP contribution in [0.15, 0.2) is 24.3 Å². The van der Waals surface area contributed by atoms with E-state index in [-0.39, 0.29) is 18.5 Å². The number of amides is 1. The van der Waals surface area contributed by atoms with Crippen LogP contribution in [0.5, 0.6) is 0 Å². The first-order valence-electron chi connectivity index (χ1n) is 6.07. The Hall–Kier alpha value is -1.86. The average molecular weight is 245 g/mol. The van der Waals surface area contributed by atoms with Crippen molar-refractivity contribution in [1.82, 2.24) is 10.6 Å². The maximum Gasteiger partial charge on any atom is 0.234 e. The fourth-order valence-electron chi connectivity index (χ4n) is 1.54. The third-order valence-corrected chi connectivity index (χ3v) is 2.71. The molecule has 1 amide bonds. The molecule has 1 rings (SSSR count). The fraction of sp³-hybridized carbons (Fsp3) is 0.429. The topological polar surface area (TPSA) is 64.9 Å². The maximum atomic E-state index is 11.4. The van der Waals surface area contributed by atoms with Crippen molar-refractivity contribution < 1.29 is 4.79 Å². The minimum absolute atomic E-state index is 0.0794. The minimum atomic E-state index is -0.0794. The summed E-state index contributed by atoms with van der Waals surface area (Å²) in [6.07, 6.45) is 0.346. The van der Waals surface area contributed by atoms with Crippen LogP contribution in [0.4, 0.5) is 0 Å². The summed E-state index contributed by atoms with van der Waals surface area (Å²) in [7, 11) is 0. The molecule has 0 heterocycles. The van der Waals surface area contributed by atoms with Crippen LogP contribution in [0.1, 0.15) is 30.5 Å². The van der Waals surface area contributed by atoms with Gasteiger partial charge in [-0.1, -0.05) is 29.8 Å². The summed E-state index contributed by atoms with van der Waals surface area (Å²) < 4.78 is 0. The zero-order valence-corrected chi connectivity index (χ0v) is 10.9. The van der Waals surface area contributed by atoms with Crippen LogP contribution in [0.2, 0.25) is 0 Å². The molecule has 0 spiro atoms. The molecule has 0 aliphatic carbocycles. The van der Waals surface area contributed by atoms with Crippen LogP contribution in [-0.2, 0) is 4.79 Å². The lowest BCUT2D eigenvalue weighted by molar-refractivity contribution is -0.120. The highest BCUT2D eigenvalue weighted by Crippen LogP contribution is 2.12. The maximum absolute atomic E-state index is 11.4. The van der Waals surface area contributed by atoms with Gasteiger partial charge in [0.05, 0.1) is 19.0 Å². The summed E-state index contributed by atoms with van der Waals surface area (Å²) in [5.41, 5.74) is 2.38. The lowest BCUT2D eigenvalue weighted by atomic mass is 10.1. The lowest BCUT2D eigenvalue weighted by Crippen LogP contribution is -2.35. The number of aryl methyl sites for hydroxylation is 1. The molecule has 4 heteroatoms. The van der Waals surface area contributed by atoms with Crippen LogP contribution >= 0.6 is 0 Å². The van der Waals surface area contributed by atoms with Gasteiger partial charge in [-0.05, 0) is 19.4 Å². The first kappa shape index (κ1) is 14.2. The number of carbonyl (C=O) groups excluding carboxylic acids is 1. The molecule has 4 nitrogen and oxygen atoms in total. The molecule has 0 saturated heterocycles. The van der Waals surface area contributed by atoms with Crippen molar-refractivity contribution in [2.45, 2.75) is 26.3 Å². The Morgan fingerprint density at radius 1 is 1.39 bits per heavy atom. The summed E-state index contributed by atoms with van der Waals surface area (Å²) >= 11 is 0. The van der Waals surface area contributed by atoms with Crippen LogP contribution in [0, 0.1) is 18.3 Å². The third-order valence-electron chi connectivity index (χ3n) is 2.71. The average Bonchev–Trinajstić information content (AvgIpc) is 2.37. The van der Waals surface area contributed by atoms with Gasteiger partial charge in [-0.15, -0.1) is 0 Å². The molecule has 1 aromatic rings. The fourth-order valence-corrected chi connectivity index (χ4v) is 1.54. The lowest BCUT2D eigenvalue weighted by Gasteiger charge is -2.14. The molecule has 96 valence electrons. The van der Waals surface area contributed by atoms with Crippen molar-refractivity contribution in [3.8, 4) is 6.07 Å². The highest BCUT2D eigenvalue weighted by molar-refractivity contribution is 5.78. The predicted octanol–water partition coefficient (Wildman–Crippen LogP) is 1.68. The number of hydrogen-bond donors (Lipinski definition) is 2. The van der Waals surface area contributed by atoms with E-state index in [1.54, 1.807) is 0 Å². The second-order valence-electron chi connectivity index (χ2n) is 4.27. The molecule has 1 unspecified atom stereocenters. The van der Waals surface area contributed by atoms with E-state index in [1.807, 2.05) is 19.9 Å². The molecule has 0 aliphatic rings. The molecule has 18 heavy (non-hydrogen) atoms. The van der Waals surface area contributed by atoms with E-state index in [9.17, 15) is 4.79 Å². The quantitative estimate of drug-likeness (QED) is 0.749. The molecule has 0 aliphatic heterocycles. The Morgan fingerprint density at radius 3 is 2.67 bits per heavy atom. The van der Waals surface area contributed by atoms with Gasteiger partial charge >= 0.3 is 0 Å². The molecule has 1 atom stereocenters. The number of benzene rings is 1. The number of nitrogens with zero attached hydrogens (tertiary/aromatic N) is 1. The van der Waals surface area contributed by atoms with Crippen LogP contribution in [0.25, 0.3) is 0 Å². The van der Waals surface area contributed by atoms with E-state index in [2.05, 4.69) is 34.9 Å². The number of hydrogen-bond acceptors (Lipinski definition) is 3. The Bertz CT molecular complexity index is 420. The molecular weight excluding hydrogens is 226 g/mol. The third kappa shape index (κ3) is 4.98. The van der Waals surface area contributed by atoms with E-state index in [0.717, 1.165) is 5.56 Å².